The van der Waals surface area contributed by atoms with E-state index in [2.05, 4.69) is 6.58 Å². The van der Waals surface area contributed by atoms with Gasteiger partial charge in [0.05, 0.1) is 0 Å². The highest BCUT2D eigenvalue weighted by atomic mass is 35.5. The molecule has 0 amide bonds. The molecule has 0 aliphatic carbocycles. The van der Waals surface area contributed by atoms with Crippen LogP contribution >= 0.6 is 11.6 Å². The van der Waals surface area contributed by atoms with Gasteiger partial charge in [-0.3, -0.25) is 4.79 Å². The molecule has 2 rings (SSSR count). The van der Waals surface area contributed by atoms with Crippen LogP contribution in [0.4, 0.5) is 4.39 Å². The molecule has 4 heteroatoms. The van der Waals surface area contributed by atoms with E-state index in [0.717, 1.165) is 5.56 Å². The van der Waals surface area contributed by atoms with Crippen LogP contribution in [0.15, 0.2) is 60.7 Å². The van der Waals surface area contributed by atoms with Crippen LogP contribution in [0.5, 0.6) is 0 Å². The number of Topliss-reactive ketones (excluding diaryl/α,β-unsaturated/α-hetero) is 1. The predicted molar refractivity (Wildman–Crippen MR) is 98.4 cm³/mol. The van der Waals surface area contributed by atoms with Crippen LogP contribution in [0.1, 0.15) is 11.1 Å². The lowest BCUT2D eigenvalue weighted by Crippen LogP contribution is -2.20. The number of hydrogen-bond acceptors (Lipinski definition) is 2. The van der Waals surface area contributed by atoms with Gasteiger partial charge in [-0.25, -0.2) is 4.39 Å². The Balaban J connectivity index is 2.49. The topological polar surface area (TPSA) is 20.3 Å². The maximum absolute atomic E-state index is 14.1. The van der Waals surface area contributed by atoms with Crippen molar-refractivity contribution in [3.8, 4) is 0 Å². The molecule has 0 radical (unpaired) electrons. The lowest BCUT2D eigenvalue weighted by molar-refractivity contribution is -0.110. The standard InChI is InChI=1S/C20H19ClFNO/c1-14(13-23(2)3)20(24)18(15-7-5-4-6-8-15)11-16-9-10-17(21)12-19(16)22/h4-12H,1,13H2,2-3H3/b18-11+. The van der Waals surface area contributed by atoms with E-state index in [-0.39, 0.29) is 5.78 Å². The molecule has 24 heavy (non-hydrogen) atoms. The molecule has 2 nitrogen and oxygen atoms in total. The van der Waals surface area contributed by atoms with Crippen LogP contribution in [0.25, 0.3) is 11.6 Å². The second-order valence-corrected chi connectivity index (χ2v) is 6.20. The first-order valence-electron chi connectivity index (χ1n) is 7.48. The van der Waals surface area contributed by atoms with Gasteiger partial charge in [0.25, 0.3) is 0 Å². The Morgan fingerprint density at radius 2 is 1.88 bits per heavy atom. The average Bonchev–Trinajstić information content (AvgIpc) is 2.54. The highest BCUT2D eigenvalue weighted by molar-refractivity contribution is 6.32. The van der Waals surface area contributed by atoms with Gasteiger partial charge in [0.15, 0.2) is 5.78 Å². The zero-order valence-electron chi connectivity index (χ0n) is 13.7. The second kappa shape index (κ2) is 8.04. The lowest BCUT2D eigenvalue weighted by Gasteiger charge is -2.14. The average molecular weight is 344 g/mol. The molecule has 2 aromatic rings. The molecule has 0 heterocycles. The monoisotopic (exact) mass is 343 g/mol. The molecule has 0 atom stereocenters. The van der Waals surface area contributed by atoms with Crippen molar-refractivity contribution in [3.05, 3.63) is 82.6 Å². The summed E-state index contributed by atoms with van der Waals surface area (Å²) >= 11 is 5.79. The van der Waals surface area contributed by atoms with Crippen molar-refractivity contribution in [2.45, 2.75) is 0 Å². The highest BCUT2D eigenvalue weighted by Gasteiger charge is 2.17. The van der Waals surface area contributed by atoms with Crippen molar-refractivity contribution in [2.24, 2.45) is 0 Å². The SMILES string of the molecule is C=C(CN(C)C)C(=O)/C(=C/c1ccc(Cl)cc1F)c1ccccc1. The number of halogens is 2. The van der Waals surface area contributed by atoms with Crippen LogP contribution in [-0.2, 0) is 4.79 Å². The molecule has 0 aliphatic rings. The molecule has 0 unspecified atom stereocenters. The maximum atomic E-state index is 14.1. The van der Waals surface area contributed by atoms with Crippen LogP contribution < -0.4 is 0 Å². The number of benzene rings is 2. The Morgan fingerprint density at radius 3 is 2.46 bits per heavy atom. The summed E-state index contributed by atoms with van der Waals surface area (Å²) in [4.78, 5) is 14.7. The van der Waals surface area contributed by atoms with E-state index in [1.54, 1.807) is 18.2 Å². The van der Waals surface area contributed by atoms with Gasteiger partial charge in [0.2, 0.25) is 0 Å². The van der Waals surface area contributed by atoms with Crippen LogP contribution in [0, 0.1) is 5.82 Å². The Bertz CT molecular complexity index is 781. The molecule has 124 valence electrons. The summed E-state index contributed by atoms with van der Waals surface area (Å²) in [6.45, 7) is 4.31. The van der Waals surface area contributed by atoms with Crippen molar-refractivity contribution in [1.82, 2.24) is 4.90 Å². The fourth-order valence-electron chi connectivity index (χ4n) is 2.32. The van der Waals surface area contributed by atoms with E-state index in [4.69, 9.17) is 11.6 Å². The van der Waals surface area contributed by atoms with Crippen LogP contribution in [0.3, 0.4) is 0 Å². The van der Waals surface area contributed by atoms with E-state index < -0.39 is 5.82 Å². The van der Waals surface area contributed by atoms with Crippen LogP contribution in [-0.4, -0.2) is 31.3 Å². The fraction of sp³-hybridized carbons (Fsp3) is 0.150. The molecule has 0 bridgehead atoms. The minimum absolute atomic E-state index is 0.204. The van der Waals surface area contributed by atoms with Gasteiger partial charge in [-0.15, -0.1) is 0 Å². The van der Waals surface area contributed by atoms with Crippen molar-refractivity contribution in [3.63, 3.8) is 0 Å². The normalized spacial score (nSPS) is 11.6. The molecule has 0 aliphatic heterocycles. The Morgan fingerprint density at radius 1 is 1.21 bits per heavy atom. The lowest BCUT2D eigenvalue weighted by atomic mass is 9.95. The molecular weight excluding hydrogens is 325 g/mol. The molecule has 0 aromatic heterocycles. The third-order valence-electron chi connectivity index (χ3n) is 3.42. The molecular formula is C20H19ClFNO. The molecule has 0 spiro atoms. The fourth-order valence-corrected chi connectivity index (χ4v) is 2.47. The smallest absolute Gasteiger partial charge is 0.190 e. The van der Waals surface area contributed by atoms with Crippen LogP contribution in [0.2, 0.25) is 5.02 Å². The van der Waals surface area contributed by atoms with E-state index in [1.807, 2.05) is 49.3 Å². The number of likely N-dealkylation sites (N-methyl/N-ethyl adjacent to an activating group) is 1. The van der Waals surface area contributed by atoms with Gasteiger partial charge in [-0.1, -0.05) is 54.6 Å². The zero-order chi connectivity index (χ0) is 17.7. The van der Waals surface area contributed by atoms with E-state index in [0.29, 0.717) is 28.3 Å². The first-order chi connectivity index (χ1) is 11.4. The molecule has 0 saturated carbocycles. The van der Waals surface area contributed by atoms with Crippen molar-refractivity contribution in [1.29, 1.82) is 0 Å². The minimum Gasteiger partial charge on any atom is -0.305 e. The third kappa shape index (κ3) is 4.63. The number of carbonyl (C=O) groups excluding carboxylic acids is 1. The zero-order valence-corrected chi connectivity index (χ0v) is 14.5. The van der Waals surface area contributed by atoms with E-state index in [1.165, 1.54) is 6.07 Å². The Labute approximate surface area is 146 Å². The summed E-state index contributed by atoms with van der Waals surface area (Å²) in [6.07, 6.45) is 1.55. The van der Waals surface area contributed by atoms with Crippen molar-refractivity contribution >= 4 is 29.0 Å². The summed E-state index contributed by atoms with van der Waals surface area (Å²) < 4.78 is 14.1. The molecule has 0 fully saturated rings. The largest absolute Gasteiger partial charge is 0.305 e. The molecule has 0 saturated heterocycles. The predicted octanol–water partition coefficient (Wildman–Crippen LogP) is 4.71. The number of allylic oxidation sites excluding steroid dienone is 1. The highest BCUT2D eigenvalue weighted by Crippen LogP contribution is 2.24. The summed E-state index contributed by atoms with van der Waals surface area (Å²) in [7, 11) is 3.73. The quantitative estimate of drug-likeness (QED) is 0.559. The van der Waals surface area contributed by atoms with Gasteiger partial charge in [-0.05, 0) is 37.9 Å². The minimum atomic E-state index is -0.470. The van der Waals surface area contributed by atoms with Gasteiger partial charge in [0, 0.05) is 28.3 Å². The second-order valence-electron chi connectivity index (χ2n) is 5.76. The molecule has 2 aromatic carbocycles. The van der Waals surface area contributed by atoms with Crippen molar-refractivity contribution in [2.75, 3.05) is 20.6 Å². The summed E-state index contributed by atoms with van der Waals surface area (Å²) in [5, 5.41) is 0.314. The number of carbonyl (C=O) groups is 1. The van der Waals surface area contributed by atoms with Gasteiger partial charge < -0.3 is 4.90 Å². The maximum Gasteiger partial charge on any atom is 0.190 e. The molecule has 0 N–H and O–H groups in total. The Hall–Kier alpha value is -2.23. The first kappa shape index (κ1) is 18.1. The van der Waals surface area contributed by atoms with Gasteiger partial charge in [0.1, 0.15) is 5.82 Å². The summed E-state index contributed by atoms with van der Waals surface area (Å²) in [6, 6.07) is 13.6. The Kier molecular flexibility index (Phi) is 6.07. The van der Waals surface area contributed by atoms with E-state index >= 15 is 0 Å². The third-order valence-corrected chi connectivity index (χ3v) is 3.66. The van der Waals surface area contributed by atoms with Gasteiger partial charge in [-0.2, -0.15) is 0 Å². The number of nitrogens with zero attached hydrogens (tertiary/aromatic N) is 1. The first-order valence-corrected chi connectivity index (χ1v) is 7.85. The number of ketones is 1. The number of hydrogen-bond donors (Lipinski definition) is 0. The van der Waals surface area contributed by atoms with Crippen molar-refractivity contribution < 1.29 is 9.18 Å². The summed E-state index contributed by atoms with van der Waals surface area (Å²) in [5.41, 5.74) is 1.88. The summed E-state index contributed by atoms with van der Waals surface area (Å²) in [5.74, 6) is -0.675. The van der Waals surface area contributed by atoms with E-state index in [9.17, 15) is 9.18 Å². The van der Waals surface area contributed by atoms with Gasteiger partial charge >= 0.3 is 0 Å². The number of rotatable bonds is 6.